The number of fused-ring (bicyclic) bond motifs is 1. The first-order valence-electron chi connectivity index (χ1n) is 7.27. The fourth-order valence-electron chi connectivity index (χ4n) is 3.05. The van der Waals surface area contributed by atoms with E-state index >= 15 is 0 Å². The van der Waals surface area contributed by atoms with Crippen LogP contribution >= 0.6 is 0 Å². The van der Waals surface area contributed by atoms with E-state index in [-0.39, 0.29) is 18.6 Å². The van der Waals surface area contributed by atoms with E-state index < -0.39 is 18.1 Å². The molecule has 1 aromatic carbocycles. The number of anilines is 2. The van der Waals surface area contributed by atoms with E-state index in [0.717, 1.165) is 24.1 Å². The molecule has 8 nitrogen and oxygen atoms in total. The van der Waals surface area contributed by atoms with Crippen molar-refractivity contribution >= 4 is 29.3 Å². The van der Waals surface area contributed by atoms with Crippen molar-refractivity contribution in [2.24, 2.45) is 5.73 Å². The van der Waals surface area contributed by atoms with Crippen molar-refractivity contribution in [1.82, 2.24) is 6.15 Å². The Morgan fingerprint density at radius 3 is 2.61 bits per heavy atom. The summed E-state index contributed by atoms with van der Waals surface area (Å²) in [5, 5.41) is 0. The van der Waals surface area contributed by atoms with Gasteiger partial charge in [-0.2, -0.15) is 0 Å². The fourth-order valence-corrected chi connectivity index (χ4v) is 3.05. The molecule has 2 aliphatic heterocycles. The van der Waals surface area contributed by atoms with Gasteiger partial charge in [-0.25, -0.2) is 4.79 Å². The van der Waals surface area contributed by atoms with Crippen LogP contribution in [0.3, 0.4) is 0 Å². The highest BCUT2D eigenvalue weighted by Gasteiger charge is 2.40. The lowest BCUT2D eigenvalue weighted by molar-refractivity contribution is -0.124. The average molecular weight is 318 g/mol. The molecular weight excluding hydrogens is 300 g/mol. The first kappa shape index (κ1) is 15.3. The minimum absolute atomic E-state index is 0. The number of cyclic esters (lactones) is 1. The number of carbonyl (C=O) groups excluding carboxylic acids is 3. The Kier molecular flexibility index (Phi) is 3.48. The summed E-state index contributed by atoms with van der Waals surface area (Å²) in [5.41, 5.74) is 7.63. The lowest BCUT2D eigenvalue weighted by atomic mass is 10.1. The van der Waals surface area contributed by atoms with Gasteiger partial charge in [0, 0.05) is 17.4 Å². The molecule has 0 radical (unpaired) electrons. The summed E-state index contributed by atoms with van der Waals surface area (Å²) in [7, 11) is 0. The van der Waals surface area contributed by atoms with E-state index in [2.05, 4.69) is 0 Å². The second-order valence-electron chi connectivity index (χ2n) is 5.87. The van der Waals surface area contributed by atoms with Crippen LogP contribution in [0.15, 0.2) is 18.2 Å². The third kappa shape index (κ3) is 2.40. The Hall–Kier alpha value is -2.61. The summed E-state index contributed by atoms with van der Waals surface area (Å²) >= 11 is 0. The zero-order valence-corrected chi connectivity index (χ0v) is 12.5. The summed E-state index contributed by atoms with van der Waals surface area (Å²) in [6, 6.07) is 5.78. The average Bonchev–Trinajstić information content (AvgIpc) is 3.13. The number of nitrogens with zero attached hydrogens (tertiary/aromatic N) is 2. The first-order valence-corrected chi connectivity index (χ1v) is 7.27. The van der Waals surface area contributed by atoms with Crippen LogP contribution in [-0.2, 0) is 20.7 Å². The number of nitrogens with two attached hydrogens (primary N) is 1. The molecule has 0 unspecified atom stereocenters. The van der Waals surface area contributed by atoms with E-state index in [4.69, 9.17) is 10.5 Å². The standard InChI is InChI=1S/C15H15N3O4.H3N/c16-14(20)12-7-17(15(21)22-12)10-3-4-11-8(5-10)6-13(19)18(11)9-1-2-9;/h3-5,9,12H,1-2,6-7H2,(H2,16,20);1H3/t12-;/m1./s1. The van der Waals surface area contributed by atoms with Crippen molar-refractivity contribution in [3.63, 3.8) is 0 Å². The van der Waals surface area contributed by atoms with Crippen molar-refractivity contribution in [3.05, 3.63) is 23.8 Å². The van der Waals surface area contributed by atoms with Crippen molar-refractivity contribution in [1.29, 1.82) is 0 Å². The molecule has 2 heterocycles. The van der Waals surface area contributed by atoms with Gasteiger partial charge in [0.2, 0.25) is 5.91 Å². The third-order valence-electron chi connectivity index (χ3n) is 4.29. The number of rotatable bonds is 3. The zero-order chi connectivity index (χ0) is 15.4. The zero-order valence-electron chi connectivity index (χ0n) is 12.5. The molecule has 8 heteroatoms. The van der Waals surface area contributed by atoms with Crippen LogP contribution in [0.5, 0.6) is 0 Å². The van der Waals surface area contributed by atoms with Gasteiger partial charge in [-0.1, -0.05) is 0 Å². The Balaban J connectivity index is 0.00000156. The van der Waals surface area contributed by atoms with E-state index in [1.807, 2.05) is 17.0 Å². The minimum atomic E-state index is -0.926. The van der Waals surface area contributed by atoms with Crippen LogP contribution in [0.25, 0.3) is 0 Å². The van der Waals surface area contributed by atoms with E-state index in [0.29, 0.717) is 18.2 Å². The number of ether oxygens (including phenoxy) is 1. The molecule has 3 amide bonds. The molecule has 1 saturated carbocycles. The van der Waals surface area contributed by atoms with Crippen molar-refractivity contribution in [2.75, 3.05) is 16.3 Å². The fraction of sp³-hybridized carbons (Fsp3) is 0.400. The maximum atomic E-state index is 12.1. The number of carbonyl (C=O) groups is 3. The molecule has 122 valence electrons. The Morgan fingerprint density at radius 1 is 1.26 bits per heavy atom. The summed E-state index contributed by atoms with van der Waals surface area (Å²) in [6.07, 6.45) is 0.927. The monoisotopic (exact) mass is 318 g/mol. The van der Waals surface area contributed by atoms with Crippen molar-refractivity contribution in [3.8, 4) is 0 Å². The van der Waals surface area contributed by atoms with Crippen LogP contribution < -0.4 is 21.7 Å². The van der Waals surface area contributed by atoms with Crippen LogP contribution in [0, 0.1) is 0 Å². The minimum Gasteiger partial charge on any atom is -0.434 e. The Morgan fingerprint density at radius 2 is 2.00 bits per heavy atom. The van der Waals surface area contributed by atoms with Crippen LogP contribution in [0.4, 0.5) is 16.2 Å². The van der Waals surface area contributed by atoms with E-state index in [9.17, 15) is 14.4 Å². The molecule has 23 heavy (non-hydrogen) atoms. The lowest BCUT2D eigenvalue weighted by Crippen LogP contribution is -2.32. The molecule has 2 fully saturated rings. The van der Waals surface area contributed by atoms with Gasteiger partial charge in [-0.05, 0) is 36.6 Å². The second-order valence-corrected chi connectivity index (χ2v) is 5.87. The molecule has 4 rings (SSSR count). The molecule has 1 saturated heterocycles. The SMILES string of the molecule is N.NC(=O)[C@H]1CN(c2ccc3c(c2)CC(=O)N3C2CC2)C(=O)O1. The highest BCUT2D eigenvalue weighted by Crippen LogP contribution is 2.40. The van der Waals surface area contributed by atoms with Gasteiger partial charge >= 0.3 is 6.09 Å². The van der Waals surface area contributed by atoms with Gasteiger partial charge in [0.05, 0.1) is 13.0 Å². The number of benzene rings is 1. The predicted molar refractivity (Wildman–Crippen MR) is 82.5 cm³/mol. The van der Waals surface area contributed by atoms with Crippen LogP contribution in [-0.4, -0.2) is 36.6 Å². The normalized spacial score (nSPS) is 22.7. The molecule has 1 atom stereocenters. The molecule has 3 aliphatic rings. The number of hydrogen-bond acceptors (Lipinski definition) is 5. The smallest absolute Gasteiger partial charge is 0.415 e. The van der Waals surface area contributed by atoms with E-state index in [1.54, 1.807) is 6.07 Å². The van der Waals surface area contributed by atoms with Gasteiger partial charge < -0.3 is 21.5 Å². The summed E-state index contributed by atoms with van der Waals surface area (Å²) in [5.74, 6) is -0.555. The van der Waals surface area contributed by atoms with Gasteiger partial charge in [0.15, 0.2) is 6.10 Å². The first-order chi connectivity index (χ1) is 10.5. The number of amides is 3. The predicted octanol–water partition coefficient (Wildman–Crippen LogP) is 0.711. The topological polar surface area (TPSA) is 128 Å². The highest BCUT2D eigenvalue weighted by atomic mass is 16.6. The molecule has 0 spiro atoms. The summed E-state index contributed by atoms with van der Waals surface area (Å²) in [6.45, 7) is 0.104. The molecule has 1 aromatic rings. The van der Waals surface area contributed by atoms with Gasteiger partial charge in [-0.3, -0.25) is 14.5 Å². The van der Waals surface area contributed by atoms with Crippen molar-refractivity contribution < 1.29 is 19.1 Å². The molecular formula is C15H18N4O4. The lowest BCUT2D eigenvalue weighted by Gasteiger charge is -2.18. The molecule has 0 aromatic heterocycles. The molecule has 0 bridgehead atoms. The summed E-state index contributed by atoms with van der Waals surface area (Å²) < 4.78 is 4.93. The highest BCUT2D eigenvalue weighted by molar-refractivity contribution is 6.03. The third-order valence-corrected chi connectivity index (χ3v) is 4.29. The van der Waals surface area contributed by atoms with Gasteiger partial charge in [-0.15, -0.1) is 0 Å². The Bertz CT molecular complexity index is 701. The second kappa shape index (κ2) is 5.24. The Labute approximate surface area is 132 Å². The van der Waals surface area contributed by atoms with Crippen LogP contribution in [0.1, 0.15) is 18.4 Å². The largest absolute Gasteiger partial charge is 0.434 e. The quantitative estimate of drug-likeness (QED) is 0.848. The van der Waals surface area contributed by atoms with E-state index in [1.165, 1.54) is 4.90 Å². The maximum Gasteiger partial charge on any atom is 0.415 e. The molecule has 5 N–H and O–H groups in total. The number of hydrogen-bond donors (Lipinski definition) is 2. The molecule has 1 aliphatic carbocycles. The summed E-state index contributed by atoms with van der Waals surface area (Å²) in [4.78, 5) is 38.3. The maximum absolute atomic E-state index is 12.1. The van der Waals surface area contributed by atoms with Crippen LogP contribution in [0.2, 0.25) is 0 Å². The number of primary amides is 1. The van der Waals surface area contributed by atoms with Gasteiger partial charge in [0.1, 0.15) is 0 Å². The van der Waals surface area contributed by atoms with Gasteiger partial charge in [0.25, 0.3) is 5.91 Å². The van der Waals surface area contributed by atoms with Crippen molar-refractivity contribution in [2.45, 2.75) is 31.4 Å².